The lowest BCUT2D eigenvalue weighted by atomic mass is 9.91. The van der Waals surface area contributed by atoms with E-state index in [1.165, 1.54) is 6.08 Å². The molecule has 2 fully saturated rings. The van der Waals surface area contributed by atoms with Crippen LogP contribution in [0.4, 0.5) is 8.78 Å². The Morgan fingerprint density at radius 3 is 2.79 bits per heavy atom. The SMILES string of the molecule is O=C1C[C@@H]2[C@@H](/C=C/C(F)(F)COc3ccccc3)[C@H](O)[C@@H](I)[C@@H]2O1. The summed E-state index contributed by atoms with van der Waals surface area (Å²) >= 11 is 2.01. The first kappa shape index (κ1) is 17.6. The van der Waals surface area contributed by atoms with Crippen LogP contribution in [0.1, 0.15) is 6.42 Å². The molecule has 7 heteroatoms. The number of halogens is 3. The third-order valence-corrected chi connectivity index (χ3v) is 5.80. The maximum atomic E-state index is 14.0. The zero-order valence-corrected chi connectivity index (χ0v) is 14.8. The van der Waals surface area contributed by atoms with Crippen LogP contribution in [0, 0.1) is 11.8 Å². The molecule has 0 amide bonds. The topological polar surface area (TPSA) is 55.8 Å². The number of aliphatic hydroxyl groups excluding tert-OH is 1. The number of aliphatic hydroxyl groups is 1. The molecule has 0 aromatic heterocycles. The van der Waals surface area contributed by atoms with Gasteiger partial charge in [-0.05, 0) is 18.2 Å². The summed E-state index contributed by atoms with van der Waals surface area (Å²) in [6.07, 6.45) is 1.01. The zero-order chi connectivity index (χ0) is 17.3. The minimum Gasteiger partial charge on any atom is -0.487 e. The first-order valence-electron chi connectivity index (χ1n) is 7.64. The van der Waals surface area contributed by atoms with Crippen molar-refractivity contribution in [3.05, 3.63) is 42.5 Å². The van der Waals surface area contributed by atoms with E-state index < -0.39 is 30.7 Å². The van der Waals surface area contributed by atoms with E-state index in [-0.39, 0.29) is 22.2 Å². The van der Waals surface area contributed by atoms with Crippen molar-refractivity contribution in [2.45, 2.75) is 28.5 Å². The van der Waals surface area contributed by atoms with Crippen molar-refractivity contribution < 1.29 is 28.2 Å². The van der Waals surface area contributed by atoms with Crippen molar-refractivity contribution in [2.75, 3.05) is 6.61 Å². The van der Waals surface area contributed by atoms with Crippen LogP contribution in [0.2, 0.25) is 0 Å². The molecule has 0 radical (unpaired) electrons. The average Bonchev–Trinajstić information content (AvgIpc) is 3.03. The summed E-state index contributed by atoms with van der Waals surface area (Å²) in [4.78, 5) is 11.4. The number of rotatable bonds is 5. The van der Waals surface area contributed by atoms with Crippen molar-refractivity contribution in [1.82, 2.24) is 0 Å². The Hall–Kier alpha value is -1.22. The summed E-state index contributed by atoms with van der Waals surface area (Å²) in [6, 6.07) is 8.39. The van der Waals surface area contributed by atoms with Gasteiger partial charge in [0.15, 0.2) is 6.61 Å². The van der Waals surface area contributed by atoms with Crippen molar-refractivity contribution >= 4 is 28.6 Å². The molecule has 2 aliphatic rings. The monoisotopic (exact) mass is 450 g/mol. The molecule has 1 aliphatic heterocycles. The van der Waals surface area contributed by atoms with Gasteiger partial charge in [-0.3, -0.25) is 4.79 Å². The van der Waals surface area contributed by atoms with E-state index in [9.17, 15) is 18.7 Å². The fraction of sp³-hybridized carbons (Fsp3) is 0.471. The number of para-hydroxylation sites is 1. The molecule has 1 aromatic rings. The summed E-state index contributed by atoms with van der Waals surface area (Å²) in [5.41, 5.74) is 0. The van der Waals surface area contributed by atoms with Crippen LogP contribution in [0.5, 0.6) is 5.75 Å². The highest BCUT2D eigenvalue weighted by atomic mass is 127. The molecular formula is C17H17F2IO4. The number of ether oxygens (including phenoxy) is 2. The molecule has 5 atom stereocenters. The maximum Gasteiger partial charge on any atom is 0.306 e. The first-order valence-corrected chi connectivity index (χ1v) is 8.88. The van der Waals surface area contributed by atoms with Gasteiger partial charge in [-0.15, -0.1) is 0 Å². The molecule has 1 aliphatic carbocycles. The molecule has 24 heavy (non-hydrogen) atoms. The van der Waals surface area contributed by atoms with E-state index in [2.05, 4.69) is 0 Å². The molecule has 1 saturated heterocycles. The number of carbonyl (C=O) groups is 1. The van der Waals surface area contributed by atoms with E-state index in [1.54, 1.807) is 30.3 Å². The van der Waals surface area contributed by atoms with E-state index >= 15 is 0 Å². The Morgan fingerprint density at radius 2 is 2.08 bits per heavy atom. The predicted molar refractivity (Wildman–Crippen MR) is 91.3 cm³/mol. The number of hydrogen-bond acceptors (Lipinski definition) is 4. The van der Waals surface area contributed by atoms with Crippen LogP contribution in [0.15, 0.2) is 42.5 Å². The second-order valence-electron chi connectivity index (χ2n) is 6.06. The summed E-state index contributed by atoms with van der Waals surface area (Å²) in [7, 11) is 0. The van der Waals surface area contributed by atoms with Crippen LogP contribution in [-0.2, 0) is 9.53 Å². The van der Waals surface area contributed by atoms with Crippen molar-refractivity contribution in [1.29, 1.82) is 0 Å². The molecule has 0 unspecified atom stereocenters. The van der Waals surface area contributed by atoms with Gasteiger partial charge in [0.1, 0.15) is 11.9 Å². The number of esters is 1. The standard InChI is InChI=1S/C17H17F2IO4/c18-17(19,9-23-10-4-2-1-3-5-10)7-6-11-12-8-13(21)24-16(12)14(20)15(11)22/h1-7,11-12,14-16,22H,8-9H2/b7-6+/t11-,12-,14-,15+,16-/m1/s1. The number of hydrogen-bond donors (Lipinski definition) is 1. The van der Waals surface area contributed by atoms with Crippen LogP contribution < -0.4 is 4.74 Å². The molecule has 1 N–H and O–H groups in total. The lowest BCUT2D eigenvalue weighted by Gasteiger charge is -2.18. The summed E-state index contributed by atoms with van der Waals surface area (Å²) in [5.74, 6) is -3.91. The van der Waals surface area contributed by atoms with Gasteiger partial charge >= 0.3 is 5.97 Å². The Morgan fingerprint density at radius 1 is 1.38 bits per heavy atom. The minimum atomic E-state index is -3.17. The fourth-order valence-corrected chi connectivity index (χ4v) is 4.32. The smallest absolute Gasteiger partial charge is 0.306 e. The molecular weight excluding hydrogens is 433 g/mol. The van der Waals surface area contributed by atoms with Crippen molar-refractivity contribution in [3.63, 3.8) is 0 Å². The van der Waals surface area contributed by atoms with Gasteiger partial charge in [-0.1, -0.05) is 46.9 Å². The van der Waals surface area contributed by atoms with Crippen LogP contribution in [-0.4, -0.2) is 39.7 Å². The quantitative estimate of drug-likeness (QED) is 0.325. The Labute approximate surface area is 152 Å². The minimum absolute atomic E-state index is 0.155. The highest BCUT2D eigenvalue weighted by molar-refractivity contribution is 14.1. The zero-order valence-electron chi connectivity index (χ0n) is 12.6. The summed E-state index contributed by atoms with van der Waals surface area (Å²) in [6.45, 7) is -0.784. The third-order valence-electron chi connectivity index (χ3n) is 4.36. The normalized spacial score (nSPS) is 32.8. The van der Waals surface area contributed by atoms with Gasteiger partial charge in [0, 0.05) is 11.8 Å². The predicted octanol–water partition coefficient (Wildman–Crippen LogP) is 2.98. The van der Waals surface area contributed by atoms with E-state index in [0.29, 0.717) is 5.75 Å². The van der Waals surface area contributed by atoms with Crippen LogP contribution in [0.25, 0.3) is 0 Å². The third kappa shape index (κ3) is 3.72. The first-order chi connectivity index (χ1) is 11.4. The lowest BCUT2D eigenvalue weighted by molar-refractivity contribution is -0.141. The highest BCUT2D eigenvalue weighted by Gasteiger charge is 2.54. The second kappa shape index (κ2) is 6.95. The summed E-state index contributed by atoms with van der Waals surface area (Å²) in [5, 5.41) is 10.2. The molecule has 1 aromatic carbocycles. The largest absolute Gasteiger partial charge is 0.487 e. The average molecular weight is 450 g/mol. The highest BCUT2D eigenvalue weighted by Crippen LogP contribution is 2.45. The number of fused-ring (bicyclic) bond motifs is 1. The number of alkyl halides is 3. The Bertz CT molecular complexity index is 622. The molecule has 0 bridgehead atoms. The van der Waals surface area contributed by atoms with Crippen molar-refractivity contribution in [3.8, 4) is 5.75 Å². The Balaban J connectivity index is 1.64. The van der Waals surface area contributed by atoms with Crippen molar-refractivity contribution in [2.24, 2.45) is 11.8 Å². The maximum absolute atomic E-state index is 14.0. The van der Waals surface area contributed by atoms with Gasteiger partial charge < -0.3 is 14.6 Å². The molecule has 4 nitrogen and oxygen atoms in total. The van der Waals surface area contributed by atoms with E-state index in [0.717, 1.165) is 6.08 Å². The number of benzene rings is 1. The van der Waals surface area contributed by atoms with E-state index in [1.807, 2.05) is 22.6 Å². The van der Waals surface area contributed by atoms with Gasteiger partial charge in [-0.2, -0.15) is 8.78 Å². The Kier molecular flexibility index (Phi) is 5.10. The molecule has 0 spiro atoms. The van der Waals surface area contributed by atoms with Gasteiger partial charge in [0.25, 0.3) is 5.92 Å². The molecule has 1 saturated carbocycles. The second-order valence-corrected chi connectivity index (χ2v) is 7.50. The molecule has 130 valence electrons. The van der Waals surface area contributed by atoms with Crippen LogP contribution in [0.3, 0.4) is 0 Å². The van der Waals surface area contributed by atoms with Crippen LogP contribution >= 0.6 is 22.6 Å². The lowest BCUT2D eigenvalue weighted by Crippen LogP contribution is -2.27. The van der Waals surface area contributed by atoms with Gasteiger partial charge in [0.05, 0.1) is 16.4 Å². The fourth-order valence-electron chi connectivity index (χ4n) is 3.16. The number of carbonyl (C=O) groups excluding carboxylic acids is 1. The van der Waals surface area contributed by atoms with Gasteiger partial charge in [0.2, 0.25) is 0 Å². The molecule has 3 rings (SSSR count). The van der Waals surface area contributed by atoms with Gasteiger partial charge in [-0.25, -0.2) is 0 Å². The van der Waals surface area contributed by atoms with E-state index in [4.69, 9.17) is 9.47 Å². The molecule has 1 heterocycles. The summed E-state index contributed by atoms with van der Waals surface area (Å²) < 4.78 is 38.0.